The van der Waals surface area contributed by atoms with Crippen LogP contribution < -0.4 is 21.3 Å². The van der Waals surface area contributed by atoms with Crippen molar-refractivity contribution in [3.8, 4) is 0 Å². The van der Waals surface area contributed by atoms with Crippen molar-refractivity contribution < 1.29 is 33.5 Å². The molecule has 6 atom stereocenters. The van der Waals surface area contributed by atoms with E-state index in [0.29, 0.717) is 19.4 Å². The molecule has 1 aliphatic heterocycles. The van der Waals surface area contributed by atoms with Crippen molar-refractivity contribution in [3.05, 3.63) is 12.7 Å². The Balaban J connectivity index is 1.85. The highest BCUT2D eigenvalue weighted by atomic mass is 16.6. The predicted molar refractivity (Wildman–Crippen MR) is 178 cm³/mol. The maximum atomic E-state index is 14.5. The Morgan fingerprint density at radius 3 is 2.26 bits per heavy atom. The van der Waals surface area contributed by atoms with Crippen molar-refractivity contribution in [3.63, 3.8) is 0 Å². The quantitative estimate of drug-likeness (QED) is 0.126. The van der Waals surface area contributed by atoms with Crippen LogP contribution in [0.4, 0.5) is 4.79 Å². The van der Waals surface area contributed by atoms with E-state index in [1.807, 2.05) is 6.92 Å². The molecule has 0 aromatic heterocycles. The lowest BCUT2D eigenvalue weighted by atomic mass is 9.55. The number of esters is 1. The van der Waals surface area contributed by atoms with Gasteiger partial charge in [0.25, 0.3) is 5.91 Å². The van der Waals surface area contributed by atoms with Crippen molar-refractivity contribution >= 4 is 35.5 Å². The van der Waals surface area contributed by atoms with E-state index in [2.05, 4.69) is 41.7 Å². The second-order valence-electron chi connectivity index (χ2n) is 15.2. The molecule has 3 fully saturated rings. The normalized spacial score (nSPS) is 24.0. The first kappa shape index (κ1) is 38.0. The summed E-state index contributed by atoms with van der Waals surface area (Å²) in [5.41, 5.74) is -0.813. The van der Waals surface area contributed by atoms with E-state index in [-0.39, 0.29) is 35.6 Å². The van der Waals surface area contributed by atoms with Crippen molar-refractivity contribution in [1.29, 1.82) is 0 Å². The number of amides is 5. The van der Waals surface area contributed by atoms with Gasteiger partial charge in [-0.2, -0.15) is 0 Å². The van der Waals surface area contributed by atoms with E-state index >= 15 is 0 Å². The number of hydrogen-bond donors (Lipinski definition) is 4. The van der Waals surface area contributed by atoms with Crippen LogP contribution in [0.3, 0.4) is 0 Å². The highest BCUT2D eigenvalue weighted by Crippen LogP contribution is 2.57. The maximum absolute atomic E-state index is 14.5. The summed E-state index contributed by atoms with van der Waals surface area (Å²) in [5, 5.41) is 10.8. The minimum atomic E-state index is -1.02. The number of nitrogens with one attached hydrogen (secondary N) is 4. The highest BCUT2D eigenvalue weighted by Gasteiger charge is 2.61. The van der Waals surface area contributed by atoms with E-state index in [0.717, 1.165) is 44.9 Å². The lowest BCUT2D eigenvalue weighted by Crippen LogP contribution is -2.60. The van der Waals surface area contributed by atoms with Crippen LogP contribution in [0, 0.1) is 23.2 Å². The Morgan fingerprint density at radius 1 is 1.02 bits per heavy atom. The SMILES string of the molecule is C=CCNC(=O)C(=O)C(CCCC)NC(=O)[C@@H]1[C@H]2CC(C)(C)[C@H]2CN1C(=O)[C@@H](NC(=O)N[C@@H](C)C(=O)OC(C)(C)C)C1CCCCC1. The number of nitrogens with zero attached hydrogens (tertiary/aromatic N) is 1. The van der Waals surface area contributed by atoms with Gasteiger partial charge in [-0.25, -0.2) is 9.59 Å². The van der Waals surface area contributed by atoms with Crippen molar-refractivity contribution in [2.75, 3.05) is 13.1 Å². The van der Waals surface area contributed by atoms with Gasteiger partial charge in [0.05, 0.1) is 6.04 Å². The first-order chi connectivity index (χ1) is 22.0. The molecule has 0 radical (unpaired) electrons. The fraction of sp³-hybridized carbons (Fsp3) is 0.771. The zero-order valence-corrected chi connectivity index (χ0v) is 29.4. The number of unbranched alkanes of at least 4 members (excludes halogenated alkanes) is 1. The molecule has 12 heteroatoms. The lowest BCUT2D eigenvalue weighted by Gasteiger charge is -2.48. The Labute approximate surface area is 279 Å². The molecule has 1 saturated heterocycles. The smallest absolute Gasteiger partial charge is 0.328 e. The molecule has 1 unspecified atom stereocenters. The molecule has 0 aromatic carbocycles. The van der Waals surface area contributed by atoms with E-state index in [1.165, 1.54) is 13.0 Å². The van der Waals surface area contributed by atoms with Gasteiger partial charge < -0.3 is 30.9 Å². The fourth-order valence-corrected chi connectivity index (χ4v) is 7.35. The van der Waals surface area contributed by atoms with Gasteiger partial charge in [0.2, 0.25) is 17.6 Å². The highest BCUT2D eigenvalue weighted by molar-refractivity contribution is 6.38. The molecule has 12 nitrogen and oxygen atoms in total. The number of ether oxygens (including phenoxy) is 1. The van der Waals surface area contributed by atoms with Gasteiger partial charge in [0.1, 0.15) is 23.7 Å². The molecular weight excluding hydrogens is 602 g/mol. The number of rotatable bonds is 14. The Kier molecular flexibility index (Phi) is 13.0. The van der Waals surface area contributed by atoms with Crippen LogP contribution in [0.1, 0.15) is 106 Å². The van der Waals surface area contributed by atoms with Gasteiger partial charge in [-0.3, -0.25) is 19.2 Å². The van der Waals surface area contributed by atoms with Crippen molar-refractivity contribution in [2.24, 2.45) is 23.2 Å². The van der Waals surface area contributed by atoms with E-state index < -0.39 is 59.4 Å². The summed E-state index contributed by atoms with van der Waals surface area (Å²) >= 11 is 0. The summed E-state index contributed by atoms with van der Waals surface area (Å²) in [6.07, 6.45) is 8.26. The van der Waals surface area contributed by atoms with Crippen LogP contribution in [-0.2, 0) is 28.7 Å². The predicted octanol–water partition coefficient (Wildman–Crippen LogP) is 3.38. The monoisotopic (exact) mass is 659 g/mol. The van der Waals surface area contributed by atoms with Crippen LogP contribution in [0.15, 0.2) is 12.7 Å². The number of ketones is 1. The maximum Gasteiger partial charge on any atom is 0.328 e. The largest absolute Gasteiger partial charge is 0.458 e. The van der Waals surface area contributed by atoms with E-state index in [9.17, 15) is 28.8 Å². The molecule has 0 aromatic rings. The van der Waals surface area contributed by atoms with Crippen molar-refractivity contribution in [2.45, 2.75) is 136 Å². The second-order valence-corrected chi connectivity index (χ2v) is 15.2. The molecule has 1 heterocycles. The third-order valence-corrected chi connectivity index (χ3v) is 9.86. The van der Waals surface area contributed by atoms with Crippen LogP contribution >= 0.6 is 0 Å². The van der Waals surface area contributed by atoms with Gasteiger partial charge in [0.15, 0.2) is 0 Å². The molecule has 5 amide bonds. The first-order valence-electron chi connectivity index (χ1n) is 17.3. The number of hydrogen-bond acceptors (Lipinski definition) is 7. The molecule has 264 valence electrons. The molecular formula is C35H57N5O7. The van der Waals surface area contributed by atoms with Crippen LogP contribution in [-0.4, -0.2) is 83.3 Å². The summed E-state index contributed by atoms with van der Waals surface area (Å²) in [6, 6.07) is -4.38. The average molecular weight is 660 g/mol. The third kappa shape index (κ3) is 9.79. The average Bonchev–Trinajstić information content (AvgIpc) is 3.34. The molecule has 2 saturated carbocycles. The van der Waals surface area contributed by atoms with Gasteiger partial charge >= 0.3 is 12.0 Å². The molecule has 3 aliphatic rings. The Morgan fingerprint density at radius 2 is 1.68 bits per heavy atom. The van der Waals surface area contributed by atoms with Gasteiger partial charge in [-0.05, 0) is 76.5 Å². The molecule has 0 bridgehead atoms. The van der Waals surface area contributed by atoms with E-state index in [1.54, 1.807) is 25.7 Å². The summed E-state index contributed by atoms with van der Waals surface area (Å²) < 4.78 is 5.39. The van der Waals surface area contributed by atoms with Crippen LogP contribution in [0.2, 0.25) is 0 Å². The van der Waals surface area contributed by atoms with Gasteiger partial charge in [0, 0.05) is 13.1 Å². The molecule has 2 aliphatic carbocycles. The minimum Gasteiger partial charge on any atom is -0.458 e. The lowest BCUT2D eigenvalue weighted by molar-refractivity contribution is -0.156. The molecule has 3 rings (SSSR count). The molecule has 0 spiro atoms. The summed E-state index contributed by atoms with van der Waals surface area (Å²) in [7, 11) is 0. The van der Waals surface area contributed by atoms with Crippen LogP contribution in [0.25, 0.3) is 0 Å². The number of carbonyl (C=O) groups is 6. The topological polar surface area (TPSA) is 163 Å². The number of fused-ring (bicyclic) bond motifs is 1. The number of carbonyl (C=O) groups excluding carboxylic acids is 6. The molecule has 4 N–H and O–H groups in total. The number of Topliss-reactive ketones (excluding diaryl/α,β-unsaturated/α-hetero) is 1. The Bertz CT molecular complexity index is 1190. The zero-order chi connectivity index (χ0) is 35.1. The zero-order valence-electron chi connectivity index (χ0n) is 29.4. The standard InChI is InChI=1S/C35H57N5O7/c1-9-11-17-25(28(41)30(43)36-18-10-2)38-29(42)27-23-19-35(7,8)24(23)20-40(27)31(44)26(22-15-13-12-14-16-22)39-33(46)37-21(3)32(45)47-34(4,5)6/h10,21-27H,2,9,11-20H2,1,3-8H3,(H,36,43)(H,38,42)(H2,37,39,46)/t21-,23-,24-,25?,26-,27-/m0/s1. The summed E-state index contributed by atoms with van der Waals surface area (Å²) in [4.78, 5) is 81.6. The summed E-state index contributed by atoms with van der Waals surface area (Å²) in [5.74, 6) is -3.10. The van der Waals surface area contributed by atoms with Crippen LogP contribution in [0.5, 0.6) is 0 Å². The number of likely N-dealkylation sites (tertiary alicyclic amines) is 1. The summed E-state index contributed by atoms with van der Waals surface area (Å²) in [6.45, 7) is 17.0. The second kappa shape index (κ2) is 16.1. The van der Waals surface area contributed by atoms with E-state index in [4.69, 9.17) is 4.74 Å². The number of urea groups is 1. The fourth-order valence-electron chi connectivity index (χ4n) is 7.35. The molecule has 47 heavy (non-hydrogen) atoms. The third-order valence-electron chi connectivity index (χ3n) is 9.86. The van der Waals surface area contributed by atoms with Crippen molar-refractivity contribution in [1.82, 2.24) is 26.2 Å². The van der Waals surface area contributed by atoms with Gasteiger partial charge in [-0.15, -0.1) is 6.58 Å². The Hall–Kier alpha value is -3.44. The first-order valence-corrected chi connectivity index (χ1v) is 17.3. The van der Waals surface area contributed by atoms with Gasteiger partial charge in [-0.1, -0.05) is 59.0 Å². The minimum absolute atomic E-state index is 0.0657.